The fraction of sp³-hybridized carbons (Fsp3) is 0.133. The predicted octanol–water partition coefficient (Wildman–Crippen LogP) is 3.12. The van der Waals surface area contributed by atoms with E-state index in [1.807, 2.05) is 6.92 Å². The van der Waals surface area contributed by atoms with Gasteiger partial charge in [-0.1, -0.05) is 11.6 Å². The highest BCUT2D eigenvalue weighted by molar-refractivity contribution is 6.07. The van der Waals surface area contributed by atoms with Gasteiger partial charge in [-0.15, -0.1) is 0 Å². The number of phenolic OH excluding ortho intramolecular Hbond substituents is 1. The lowest BCUT2D eigenvalue weighted by Gasteiger charge is -2.18. The Morgan fingerprint density at radius 2 is 1.79 bits per heavy atom. The molecule has 3 nitrogen and oxygen atoms in total. The number of rotatable bonds is 2. The van der Waals surface area contributed by atoms with Gasteiger partial charge >= 0.3 is 0 Å². The first-order chi connectivity index (χ1) is 8.99. The van der Waals surface area contributed by atoms with E-state index < -0.39 is 0 Å². The molecule has 2 aromatic rings. The molecule has 0 aliphatic rings. The van der Waals surface area contributed by atoms with Gasteiger partial charge in [0.15, 0.2) is 0 Å². The second-order valence-electron chi connectivity index (χ2n) is 4.36. The van der Waals surface area contributed by atoms with Crippen LogP contribution in [0.3, 0.4) is 0 Å². The number of benzene rings is 2. The number of anilines is 1. The SMILES string of the molecule is Cc1ccc(O)c(C(=O)N(C)c2ccc(F)cc2)c1. The number of hydrogen-bond acceptors (Lipinski definition) is 2. The summed E-state index contributed by atoms with van der Waals surface area (Å²) < 4.78 is 12.8. The van der Waals surface area contributed by atoms with E-state index in [2.05, 4.69) is 0 Å². The number of carbonyl (C=O) groups excluding carboxylic acids is 1. The number of phenols is 1. The van der Waals surface area contributed by atoms with Gasteiger partial charge in [-0.25, -0.2) is 4.39 Å². The summed E-state index contributed by atoms with van der Waals surface area (Å²) >= 11 is 0. The van der Waals surface area contributed by atoms with Gasteiger partial charge in [0.1, 0.15) is 11.6 Å². The van der Waals surface area contributed by atoms with Crippen LogP contribution in [-0.2, 0) is 0 Å². The molecule has 2 rings (SSSR count). The van der Waals surface area contributed by atoms with E-state index in [1.54, 1.807) is 19.2 Å². The highest BCUT2D eigenvalue weighted by Crippen LogP contribution is 2.22. The molecule has 0 aliphatic carbocycles. The Bertz CT molecular complexity index is 608. The van der Waals surface area contributed by atoms with Gasteiger partial charge in [-0.3, -0.25) is 4.79 Å². The van der Waals surface area contributed by atoms with Crippen LogP contribution >= 0.6 is 0 Å². The molecule has 98 valence electrons. The molecule has 1 N–H and O–H groups in total. The summed E-state index contributed by atoms with van der Waals surface area (Å²) in [5.74, 6) is -0.764. The van der Waals surface area contributed by atoms with Crippen LogP contribution < -0.4 is 4.90 Å². The molecule has 0 aliphatic heterocycles. The maximum Gasteiger partial charge on any atom is 0.261 e. The lowest BCUT2D eigenvalue weighted by Crippen LogP contribution is -2.26. The van der Waals surface area contributed by atoms with Crippen LogP contribution in [0.4, 0.5) is 10.1 Å². The normalized spacial score (nSPS) is 10.3. The lowest BCUT2D eigenvalue weighted by molar-refractivity contribution is 0.0990. The largest absolute Gasteiger partial charge is 0.507 e. The van der Waals surface area contributed by atoms with Gasteiger partial charge in [-0.2, -0.15) is 0 Å². The molecule has 0 aromatic heterocycles. The van der Waals surface area contributed by atoms with Gasteiger partial charge in [0.05, 0.1) is 5.56 Å². The fourth-order valence-electron chi connectivity index (χ4n) is 1.78. The number of aromatic hydroxyl groups is 1. The first kappa shape index (κ1) is 13.1. The van der Waals surface area contributed by atoms with Crippen LogP contribution in [0.15, 0.2) is 42.5 Å². The van der Waals surface area contributed by atoms with Gasteiger partial charge in [0.2, 0.25) is 0 Å². The maximum absolute atomic E-state index is 12.8. The zero-order chi connectivity index (χ0) is 14.0. The Morgan fingerprint density at radius 1 is 1.16 bits per heavy atom. The van der Waals surface area contributed by atoms with Crippen molar-refractivity contribution in [3.8, 4) is 5.75 Å². The minimum atomic E-state index is -0.358. The molecule has 2 aromatic carbocycles. The number of aryl methyl sites for hydroxylation is 1. The smallest absolute Gasteiger partial charge is 0.261 e. The molecular weight excluding hydrogens is 245 g/mol. The van der Waals surface area contributed by atoms with E-state index in [1.165, 1.54) is 35.2 Å². The van der Waals surface area contributed by atoms with E-state index in [0.29, 0.717) is 5.69 Å². The van der Waals surface area contributed by atoms with Crippen LogP contribution in [-0.4, -0.2) is 18.1 Å². The second-order valence-corrected chi connectivity index (χ2v) is 4.36. The van der Waals surface area contributed by atoms with Gasteiger partial charge in [0.25, 0.3) is 5.91 Å². The Balaban J connectivity index is 2.33. The third-order valence-corrected chi connectivity index (χ3v) is 2.90. The number of hydrogen-bond donors (Lipinski definition) is 1. The topological polar surface area (TPSA) is 40.5 Å². The third kappa shape index (κ3) is 2.73. The minimum absolute atomic E-state index is 0.0652. The van der Waals surface area contributed by atoms with Crippen LogP contribution in [0.1, 0.15) is 15.9 Å². The summed E-state index contributed by atoms with van der Waals surface area (Å²) in [6.45, 7) is 1.84. The molecular formula is C15H14FNO2. The second kappa shape index (κ2) is 5.10. The van der Waals surface area contributed by atoms with E-state index in [0.717, 1.165) is 5.56 Å². The zero-order valence-corrected chi connectivity index (χ0v) is 10.7. The highest BCUT2D eigenvalue weighted by atomic mass is 19.1. The first-order valence-corrected chi connectivity index (χ1v) is 5.82. The van der Waals surface area contributed by atoms with Crippen molar-refractivity contribution in [2.45, 2.75) is 6.92 Å². The molecule has 0 unspecified atom stereocenters. The molecule has 0 heterocycles. The Hall–Kier alpha value is -2.36. The predicted molar refractivity (Wildman–Crippen MR) is 72.0 cm³/mol. The Kier molecular flexibility index (Phi) is 3.51. The van der Waals surface area contributed by atoms with Crippen molar-refractivity contribution in [2.75, 3.05) is 11.9 Å². The summed E-state index contributed by atoms with van der Waals surface area (Å²) in [5.41, 5.74) is 1.67. The molecule has 19 heavy (non-hydrogen) atoms. The summed E-state index contributed by atoms with van der Waals surface area (Å²) in [6, 6.07) is 10.4. The quantitative estimate of drug-likeness (QED) is 0.900. The Labute approximate surface area is 110 Å². The molecule has 4 heteroatoms. The molecule has 0 fully saturated rings. The number of halogens is 1. The van der Waals surface area contributed by atoms with Crippen molar-refractivity contribution in [1.82, 2.24) is 0 Å². The van der Waals surface area contributed by atoms with Crippen LogP contribution in [0.25, 0.3) is 0 Å². The molecule has 1 amide bonds. The summed E-state index contributed by atoms with van der Waals surface area (Å²) in [5, 5.41) is 9.74. The first-order valence-electron chi connectivity index (χ1n) is 5.82. The van der Waals surface area contributed by atoms with Crippen molar-refractivity contribution in [2.24, 2.45) is 0 Å². The molecule has 0 atom stereocenters. The van der Waals surface area contributed by atoms with Crippen LogP contribution in [0, 0.1) is 12.7 Å². The average Bonchev–Trinajstić information content (AvgIpc) is 2.41. The summed E-state index contributed by atoms with van der Waals surface area (Å²) in [4.78, 5) is 13.6. The molecule has 0 saturated heterocycles. The van der Waals surface area contributed by atoms with Gasteiger partial charge in [0, 0.05) is 12.7 Å². The van der Waals surface area contributed by atoms with E-state index in [-0.39, 0.29) is 23.0 Å². The van der Waals surface area contributed by atoms with E-state index >= 15 is 0 Å². The summed E-state index contributed by atoms with van der Waals surface area (Å²) in [6.07, 6.45) is 0. The Morgan fingerprint density at radius 3 is 2.42 bits per heavy atom. The van der Waals surface area contributed by atoms with Crippen molar-refractivity contribution in [3.05, 3.63) is 59.4 Å². The maximum atomic E-state index is 12.8. The van der Waals surface area contributed by atoms with Crippen LogP contribution in [0.2, 0.25) is 0 Å². The average molecular weight is 259 g/mol. The van der Waals surface area contributed by atoms with Gasteiger partial charge in [-0.05, 0) is 43.3 Å². The van der Waals surface area contributed by atoms with Crippen LogP contribution in [0.5, 0.6) is 5.75 Å². The van der Waals surface area contributed by atoms with Crippen molar-refractivity contribution in [3.63, 3.8) is 0 Å². The third-order valence-electron chi connectivity index (χ3n) is 2.90. The highest BCUT2D eigenvalue weighted by Gasteiger charge is 2.17. The van der Waals surface area contributed by atoms with E-state index in [9.17, 15) is 14.3 Å². The van der Waals surface area contributed by atoms with Crippen molar-refractivity contribution < 1.29 is 14.3 Å². The zero-order valence-electron chi connectivity index (χ0n) is 10.7. The van der Waals surface area contributed by atoms with E-state index in [4.69, 9.17) is 0 Å². The molecule has 0 saturated carbocycles. The number of amides is 1. The van der Waals surface area contributed by atoms with Crippen molar-refractivity contribution >= 4 is 11.6 Å². The molecule has 0 spiro atoms. The van der Waals surface area contributed by atoms with Crippen molar-refractivity contribution in [1.29, 1.82) is 0 Å². The number of carbonyl (C=O) groups is 1. The number of nitrogens with zero attached hydrogens (tertiary/aromatic N) is 1. The standard InChI is InChI=1S/C15H14FNO2/c1-10-3-8-14(18)13(9-10)15(19)17(2)12-6-4-11(16)5-7-12/h3-9,18H,1-2H3. The fourth-order valence-corrected chi connectivity index (χ4v) is 1.78. The molecule has 0 radical (unpaired) electrons. The minimum Gasteiger partial charge on any atom is -0.507 e. The summed E-state index contributed by atoms with van der Waals surface area (Å²) in [7, 11) is 1.58. The lowest BCUT2D eigenvalue weighted by atomic mass is 10.1. The van der Waals surface area contributed by atoms with Gasteiger partial charge < -0.3 is 10.0 Å². The monoisotopic (exact) mass is 259 g/mol. The molecule has 0 bridgehead atoms.